The van der Waals surface area contributed by atoms with E-state index in [-0.39, 0.29) is 23.5 Å². The molecule has 3 rings (SSSR count). The Labute approximate surface area is 164 Å². The number of carbonyl (C=O) groups is 2. The molecule has 1 atom stereocenters. The third kappa shape index (κ3) is 4.39. The smallest absolute Gasteiger partial charge is 0.534 e. The molecule has 28 heavy (non-hydrogen) atoms. The van der Waals surface area contributed by atoms with Crippen LogP contribution in [0.3, 0.4) is 0 Å². The van der Waals surface area contributed by atoms with Gasteiger partial charge in [0.15, 0.2) is 0 Å². The molecule has 1 aliphatic rings. The molecule has 0 spiro atoms. The quantitative estimate of drug-likeness (QED) is 0.541. The number of aromatic carboxylic acids is 1. The summed E-state index contributed by atoms with van der Waals surface area (Å²) in [6, 6.07) is 3.26. The van der Waals surface area contributed by atoms with Gasteiger partial charge in [-0.15, -0.1) is 5.10 Å². The van der Waals surface area contributed by atoms with Gasteiger partial charge in [-0.2, -0.15) is 0 Å². The van der Waals surface area contributed by atoms with Crippen molar-refractivity contribution >= 4 is 30.8 Å². The molecule has 0 fully saturated rings. The van der Waals surface area contributed by atoms with Crippen molar-refractivity contribution < 1.29 is 34.2 Å². The summed E-state index contributed by atoms with van der Waals surface area (Å²) in [6.07, 6.45) is 2.34. The molecule has 0 bridgehead atoms. The van der Waals surface area contributed by atoms with Gasteiger partial charge in [0, 0.05) is 13.0 Å². The summed E-state index contributed by atoms with van der Waals surface area (Å²) in [4.78, 5) is 26.3. The van der Waals surface area contributed by atoms with E-state index < -0.39 is 24.2 Å². The molecule has 12 heteroatoms. The van der Waals surface area contributed by atoms with Crippen molar-refractivity contribution in [3.8, 4) is 11.5 Å². The number of thioether (sulfide) groups is 1. The first kappa shape index (κ1) is 20.0. The van der Waals surface area contributed by atoms with Gasteiger partial charge >= 0.3 is 19.1 Å². The van der Waals surface area contributed by atoms with Gasteiger partial charge in [0.2, 0.25) is 5.16 Å². The van der Waals surface area contributed by atoms with Gasteiger partial charge in [0.1, 0.15) is 23.4 Å². The number of hydrogen-bond donors (Lipinski definition) is 3. The summed E-state index contributed by atoms with van der Waals surface area (Å²) in [5, 5.41) is 32.7. The maximum atomic E-state index is 11.6. The Morgan fingerprint density at radius 2 is 2.21 bits per heavy atom. The predicted octanol–water partition coefficient (Wildman–Crippen LogP) is 0.965. The van der Waals surface area contributed by atoms with Gasteiger partial charge in [0.05, 0.1) is 12.3 Å². The van der Waals surface area contributed by atoms with Crippen LogP contribution in [0, 0.1) is 0 Å². The number of fused-ring (bicyclic) bond motifs is 1. The predicted molar refractivity (Wildman–Crippen MR) is 98.8 cm³/mol. The molecular formula is C16H18BN3O7S. The largest absolute Gasteiger partial charge is 0.537 e. The van der Waals surface area contributed by atoms with Gasteiger partial charge < -0.3 is 24.6 Å². The third-order valence-corrected chi connectivity index (χ3v) is 5.26. The minimum atomic E-state index is -1.25. The summed E-state index contributed by atoms with van der Waals surface area (Å²) in [7, 11) is 0.117. The van der Waals surface area contributed by atoms with Gasteiger partial charge in [-0.25, -0.2) is 9.78 Å². The van der Waals surface area contributed by atoms with Gasteiger partial charge in [-0.1, -0.05) is 17.8 Å². The zero-order chi connectivity index (χ0) is 20.3. The van der Waals surface area contributed by atoms with Gasteiger partial charge in [0.25, 0.3) is 0 Å². The summed E-state index contributed by atoms with van der Waals surface area (Å²) < 4.78 is 12.1. The molecule has 1 unspecified atom stereocenters. The van der Waals surface area contributed by atoms with Crippen LogP contribution in [0.5, 0.6) is 11.5 Å². The molecule has 0 aliphatic carbocycles. The number of hydrogen-bond acceptors (Lipinski definition) is 8. The van der Waals surface area contributed by atoms with Gasteiger partial charge in [-0.3, -0.25) is 9.48 Å². The van der Waals surface area contributed by atoms with Crippen LogP contribution in [0.25, 0.3) is 0 Å². The maximum Gasteiger partial charge on any atom is 0.537 e. The lowest BCUT2D eigenvalue weighted by molar-refractivity contribution is -0.137. The Morgan fingerprint density at radius 3 is 2.89 bits per heavy atom. The Kier molecular flexibility index (Phi) is 6.10. The Morgan fingerprint density at radius 1 is 1.43 bits per heavy atom. The van der Waals surface area contributed by atoms with E-state index in [1.807, 2.05) is 0 Å². The highest BCUT2D eigenvalue weighted by molar-refractivity contribution is 8.01. The number of benzene rings is 1. The minimum absolute atomic E-state index is 0.0453. The fourth-order valence-electron chi connectivity index (χ4n) is 2.86. The average molecular weight is 407 g/mol. The summed E-state index contributed by atoms with van der Waals surface area (Å²) in [5.41, 5.74) is 0.519. The lowest BCUT2D eigenvalue weighted by atomic mass is 9.77. The van der Waals surface area contributed by atoms with Crippen LogP contribution in [0.2, 0.25) is 0 Å². The summed E-state index contributed by atoms with van der Waals surface area (Å²) in [5.74, 6) is -1.81. The first-order valence-electron chi connectivity index (χ1n) is 8.44. The number of ether oxygens (including phenoxy) is 1. The molecule has 148 valence electrons. The molecule has 0 radical (unpaired) electrons. The van der Waals surface area contributed by atoms with Crippen LogP contribution in [0.1, 0.15) is 28.8 Å². The van der Waals surface area contributed by atoms with Crippen molar-refractivity contribution in [3.05, 3.63) is 29.6 Å². The third-order valence-electron chi connectivity index (χ3n) is 4.16. The number of aryl methyl sites for hydroxylation is 1. The topological polar surface area (TPSA) is 144 Å². The zero-order valence-corrected chi connectivity index (χ0v) is 15.8. The number of methoxy groups -OCH3 is 1. The second kappa shape index (κ2) is 8.53. The van der Waals surface area contributed by atoms with Crippen LogP contribution in [-0.2, 0) is 17.8 Å². The SMILES string of the molecule is COc1ccc2c(c1C(=O)O)OB(O)C(Sc1ncn(CCCC(=O)O)n1)C2. The Hall–Kier alpha value is -2.73. The summed E-state index contributed by atoms with van der Waals surface area (Å²) in [6.45, 7) is 0.425. The number of carboxylic acid groups (broad SMARTS) is 2. The lowest BCUT2D eigenvalue weighted by Crippen LogP contribution is -2.41. The van der Waals surface area contributed by atoms with Crippen molar-refractivity contribution in [3.63, 3.8) is 0 Å². The first-order chi connectivity index (χ1) is 13.4. The molecule has 0 amide bonds. The van der Waals surface area contributed by atoms with E-state index in [0.717, 1.165) is 0 Å². The standard InChI is InChI=1S/C16H18BN3O7S/c1-26-10-5-4-9-7-11(17(25)27-14(9)13(10)15(23)24)28-16-18-8-20(19-16)6-2-3-12(21)22/h4-5,8,11,25H,2-3,6-7H2,1H3,(H,21,22)(H,23,24). The molecule has 0 saturated carbocycles. The number of carboxylic acids is 2. The summed E-state index contributed by atoms with van der Waals surface area (Å²) >= 11 is 1.21. The number of nitrogens with zero attached hydrogens (tertiary/aromatic N) is 3. The van der Waals surface area contributed by atoms with Gasteiger partial charge in [-0.05, 0) is 24.5 Å². The lowest BCUT2D eigenvalue weighted by Gasteiger charge is -2.27. The van der Waals surface area contributed by atoms with E-state index in [0.29, 0.717) is 30.1 Å². The van der Waals surface area contributed by atoms with E-state index in [9.17, 15) is 19.7 Å². The molecule has 1 aliphatic heterocycles. The average Bonchev–Trinajstić information content (AvgIpc) is 3.08. The number of aromatic nitrogens is 3. The second-order valence-electron chi connectivity index (χ2n) is 6.09. The monoisotopic (exact) mass is 407 g/mol. The van der Waals surface area contributed by atoms with E-state index in [1.165, 1.54) is 25.2 Å². The van der Waals surface area contributed by atoms with Crippen LogP contribution in [0.15, 0.2) is 23.6 Å². The van der Waals surface area contributed by atoms with Crippen molar-refractivity contribution in [1.82, 2.24) is 14.8 Å². The molecule has 2 aromatic rings. The van der Waals surface area contributed by atoms with Crippen LogP contribution in [-0.4, -0.2) is 61.3 Å². The molecule has 3 N–H and O–H groups in total. The normalized spacial score (nSPS) is 15.6. The van der Waals surface area contributed by atoms with Crippen LogP contribution in [0.4, 0.5) is 0 Å². The highest BCUT2D eigenvalue weighted by atomic mass is 32.2. The fourth-order valence-corrected chi connectivity index (χ4v) is 3.82. The number of aliphatic carboxylic acids is 1. The fraction of sp³-hybridized carbons (Fsp3) is 0.375. The van der Waals surface area contributed by atoms with Crippen LogP contribution < -0.4 is 9.39 Å². The van der Waals surface area contributed by atoms with E-state index in [4.69, 9.17) is 14.5 Å². The molecule has 2 heterocycles. The number of rotatable bonds is 8. The Balaban J connectivity index is 1.71. The highest BCUT2D eigenvalue weighted by Gasteiger charge is 2.39. The molecule has 10 nitrogen and oxygen atoms in total. The molecule has 1 aromatic heterocycles. The Bertz CT molecular complexity index is 891. The molecule has 1 aromatic carbocycles. The maximum absolute atomic E-state index is 11.6. The van der Waals surface area contributed by atoms with Crippen LogP contribution >= 0.6 is 11.8 Å². The first-order valence-corrected chi connectivity index (χ1v) is 9.32. The second-order valence-corrected chi connectivity index (χ2v) is 7.30. The molecule has 0 saturated heterocycles. The van der Waals surface area contributed by atoms with Crippen molar-refractivity contribution in [2.75, 3.05) is 7.11 Å². The van der Waals surface area contributed by atoms with E-state index in [2.05, 4.69) is 10.1 Å². The van der Waals surface area contributed by atoms with E-state index in [1.54, 1.807) is 16.8 Å². The van der Waals surface area contributed by atoms with E-state index >= 15 is 0 Å². The van der Waals surface area contributed by atoms with Crippen molar-refractivity contribution in [2.24, 2.45) is 0 Å². The molecular weight excluding hydrogens is 389 g/mol. The highest BCUT2D eigenvalue weighted by Crippen LogP contribution is 2.39. The van der Waals surface area contributed by atoms with Crippen molar-refractivity contribution in [2.45, 2.75) is 36.1 Å². The zero-order valence-electron chi connectivity index (χ0n) is 14.9. The van der Waals surface area contributed by atoms with Crippen molar-refractivity contribution in [1.29, 1.82) is 0 Å². The minimum Gasteiger partial charge on any atom is -0.534 e.